The zero-order chi connectivity index (χ0) is 19.1. The summed E-state index contributed by atoms with van der Waals surface area (Å²) < 4.78 is 42.9. The number of benzene rings is 2. The van der Waals surface area contributed by atoms with E-state index in [0.29, 0.717) is 17.2 Å². The molecule has 6 nitrogen and oxygen atoms in total. The standard InChI is InChI=1S/C20H21NO5S/c1-2-5-16-6-9-18(10-7-16)27(22,23)21-12-3-4-13-24-17-8-11-19-20(14-17)26-15-25-19/h6-11,14,21H,2,5,12-13,15H2,1H3. The van der Waals surface area contributed by atoms with Crippen LogP contribution in [-0.2, 0) is 16.4 Å². The Morgan fingerprint density at radius 1 is 1.07 bits per heavy atom. The summed E-state index contributed by atoms with van der Waals surface area (Å²) in [6.07, 6.45) is 1.96. The van der Waals surface area contributed by atoms with Crippen molar-refractivity contribution in [2.75, 3.05) is 19.9 Å². The first kappa shape index (κ1) is 19.1. The van der Waals surface area contributed by atoms with Crippen LogP contribution in [0.1, 0.15) is 18.9 Å². The first-order valence-corrected chi connectivity index (χ1v) is 10.1. The van der Waals surface area contributed by atoms with Gasteiger partial charge in [-0.3, -0.25) is 0 Å². The van der Waals surface area contributed by atoms with Gasteiger partial charge in [0.25, 0.3) is 0 Å². The third-order valence-electron chi connectivity index (χ3n) is 3.90. The fourth-order valence-electron chi connectivity index (χ4n) is 2.54. The van der Waals surface area contributed by atoms with Crippen LogP contribution in [0.2, 0.25) is 0 Å². The van der Waals surface area contributed by atoms with Crippen LogP contribution in [-0.4, -0.2) is 28.4 Å². The summed E-state index contributed by atoms with van der Waals surface area (Å²) in [7, 11) is -3.56. The fourth-order valence-corrected chi connectivity index (χ4v) is 3.46. The maximum atomic E-state index is 12.2. The Kier molecular flexibility index (Phi) is 6.22. The Bertz CT molecular complexity index is 943. The number of nitrogens with one attached hydrogen (secondary N) is 1. The molecule has 1 N–H and O–H groups in total. The molecule has 0 unspecified atom stereocenters. The molecule has 0 saturated heterocycles. The predicted molar refractivity (Wildman–Crippen MR) is 101 cm³/mol. The third-order valence-corrected chi connectivity index (χ3v) is 5.32. The zero-order valence-electron chi connectivity index (χ0n) is 15.0. The van der Waals surface area contributed by atoms with E-state index in [4.69, 9.17) is 14.2 Å². The lowest BCUT2D eigenvalue weighted by atomic mass is 10.1. The maximum Gasteiger partial charge on any atom is 0.241 e. The molecule has 7 heteroatoms. The van der Waals surface area contributed by atoms with E-state index in [1.807, 2.05) is 12.1 Å². The van der Waals surface area contributed by atoms with Crippen molar-refractivity contribution in [1.82, 2.24) is 4.72 Å². The van der Waals surface area contributed by atoms with Gasteiger partial charge >= 0.3 is 0 Å². The Hall–Kier alpha value is -2.69. The highest BCUT2D eigenvalue weighted by molar-refractivity contribution is 7.89. The van der Waals surface area contributed by atoms with Gasteiger partial charge in [-0.2, -0.15) is 4.72 Å². The van der Waals surface area contributed by atoms with Crippen molar-refractivity contribution in [2.24, 2.45) is 0 Å². The molecule has 0 radical (unpaired) electrons. The van der Waals surface area contributed by atoms with Gasteiger partial charge in [-0.05, 0) is 36.2 Å². The predicted octanol–water partition coefficient (Wildman–Crippen LogP) is 2.73. The summed E-state index contributed by atoms with van der Waals surface area (Å²) in [6, 6.07) is 12.2. The monoisotopic (exact) mass is 387 g/mol. The molecule has 0 aliphatic carbocycles. The lowest BCUT2D eigenvalue weighted by Gasteiger charge is -2.05. The average molecular weight is 387 g/mol. The SMILES string of the molecule is CCCc1ccc(S(=O)(=O)NCC#CCOc2ccc3c(c2)OCO3)cc1. The molecule has 2 aromatic rings. The minimum Gasteiger partial charge on any atom is -0.481 e. The van der Waals surface area contributed by atoms with E-state index < -0.39 is 10.0 Å². The average Bonchev–Trinajstić information content (AvgIpc) is 3.13. The van der Waals surface area contributed by atoms with Crippen LogP contribution in [0.5, 0.6) is 17.2 Å². The molecule has 0 atom stereocenters. The van der Waals surface area contributed by atoms with Gasteiger partial charge in [0.05, 0.1) is 11.4 Å². The van der Waals surface area contributed by atoms with Gasteiger partial charge < -0.3 is 14.2 Å². The van der Waals surface area contributed by atoms with Crippen molar-refractivity contribution < 1.29 is 22.6 Å². The highest BCUT2D eigenvalue weighted by Crippen LogP contribution is 2.34. The fraction of sp³-hybridized carbons (Fsp3) is 0.300. The molecule has 0 aromatic heterocycles. The number of rotatable bonds is 7. The summed E-state index contributed by atoms with van der Waals surface area (Å²) in [5.74, 6) is 7.46. The van der Waals surface area contributed by atoms with E-state index in [2.05, 4.69) is 23.5 Å². The molecule has 0 fully saturated rings. The number of hydrogen-bond donors (Lipinski definition) is 1. The molecule has 0 amide bonds. The molecule has 0 spiro atoms. The van der Waals surface area contributed by atoms with Crippen LogP contribution in [0.4, 0.5) is 0 Å². The molecular formula is C20H21NO5S. The van der Waals surface area contributed by atoms with Crippen LogP contribution in [0.3, 0.4) is 0 Å². The molecule has 1 aliphatic heterocycles. The van der Waals surface area contributed by atoms with E-state index >= 15 is 0 Å². The largest absolute Gasteiger partial charge is 0.481 e. The van der Waals surface area contributed by atoms with Crippen molar-refractivity contribution in [1.29, 1.82) is 0 Å². The quantitative estimate of drug-likeness (QED) is 0.740. The highest BCUT2D eigenvalue weighted by atomic mass is 32.2. The minimum absolute atomic E-state index is 0.0174. The van der Waals surface area contributed by atoms with Gasteiger partial charge in [0.2, 0.25) is 16.8 Å². The van der Waals surface area contributed by atoms with Gasteiger partial charge in [0.15, 0.2) is 11.5 Å². The van der Waals surface area contributed by atoms with Crippen LogP contribution >= 0.6 is 0 Å². The van der Waals surface area contributed by atoms with Crippen molar-refractivity contribution in [3.05, 3.63) is 48.0 Å². The number of hydrogen-bond acceptors (Lipinski definition) is 5. The molecule has 3 rings (SSSR count). The Balaban J connectivity index is 1.46. The Labute approximate surface area is 159 Å². The summed E-state index contributed by atoms with van der Waals surface area (Å²) in [4.78, 5) is 0.237. The van der Waals surface area contributed by atoms with Crippen molar-refractivity contribution in [3.8, 4) is 29.1 Å². The summed E-state index contributed by atoms with van der Waals surface area (Å²) >= 11 is 0. The first-order valence-electron chi connectivity index (χ1n) is 8.65. The maximum absolute atomic E-state index is 12.2. The van der Waals surface area contributed by atoms with Gasteiger partial charge in [-0.25, -0.2) is 8.42 Å². The normalized spacial score (nSPS) is 12.3. The molecule has 1 aliphatic rings. The number of aryl methyl sites for hydroxylation is 1. The van der Waals surface area contributed by atoms with Crippen LogP contribution in [0.15, 0.2) is 47.4 Å². The Morgan fingerprint density at radius 2 is 1.85 bits per heavy atom. The first-order chi connectivity index (χ1) is 13.1. The van der Waals surface area contributed by atoms with E-state index in [1.165, 1.54) is 0 Å². The smallest absolute Gasteiger partial charge is 0.241 e. The highest BCUT2D eigenvalue weighted by Gasteiger charge is 2.14. The van der Waals surface area contributed by atoms with Crippen molar-refractivity contribution >= 4 is 10.0 Å². The van der Waals surface area contributed by atoms with Crippen LogP contribution < -0.4 is 18.9 Å². The Morgan fingerprint density at radius 3 is 2.63 bits per heavy atom. The number of sulfonamides is 1. The van der Waals surface area contributed by atoms with Crippen LogP contribution in [0, 0.1) is 11.8 Å². The lowest BCUT2D eigenvalue weighted by molar-refractivity contribution is 0.174. The number of ether oxygens (including phenoxy) is 3. The van der Waals surface area contributed by atoms with Crippen LogP contribution in [0.25, 0.3) is 0 Å². The molecule has 0 saturated carbocycles. The van der Waals surface area contributed by atoms with Crippen molar-refractivity contribution in [2.45, 2.75) is 24.7 Å². The van der Waals surface area contributed by atoms with Gasteiger partial charge in [0, 0.05) is 6.07 Å². The van der Waals surface area contributed by atoms with E-state index in [-0.39, 0.29) is 24.8 Å². The van der Waals surface area contributed by atoms with E-state index in [0.717, 1.165) is 18.4 Å². The molecule has 27 heavy (non-hydrogen) atoms. The van der Waals surface area contributed by atoms with Crippen molar-refractivity contribution in [3.63, 3.8) is 0 Å². The van der Waals surface area contributed by atoms with E-state index in [9.17, 15) is 8.42 Å². The summed E-state index contributed by atoms with van der Waals surface area (Å²) in [6.45, 7) is 2.46. The lowest BCUT2D eigenvalue weighted by Crippen LogP contribution is -2.24. The molecule has 1 heterocycles. The third kappa shape index (κ3) is 5.16. The molecule has 0 bridgehead atoms. The van der Waals surface area contributed by atoms with E-state index in [1.54, 1.807) is 30.3 Å². The van der Waals surface area contributed by atoms with Gasteiger partial charge in [-0.1, -0.05) is 37.3 Å². The number of fused-ring (bicyclic) bond motifs is 1. The summed E-state index contributed by atoms with van der Waals surface area (Å²) in [5, 5.41) is 0. The minimum atomic E-state index is -3.56. The molecule has 2 aromatic carbocycles. The topological polar surface area (TPSA) is 73.9 Å². The molecular weight excluding hydrogens is 366 g/mol. The van der Waals surface area contributed by atoms with Gasteiger partial charge in [-0.15, -0.1) is 0 Å². The second-order valence-electron chi connectivity index (χ2n) is 5.88. The van der Waals surface area contributed by atoms with Gasteiger partial charge in [0.1, 0.15) is 12.4 Å². The molecule has 142 valence electrons. The zero-order valence-corrected chi connectivity index (χ0v) is 15.8. The summed E-state index contributed by atoms with van der Waals surface area (Å²) in [5.41, 5.74) is 1.12. The second kappa shape index (κ2) is 8.80. The second-order valence-corrected chi connectivity index (χ2v) is 7.64.